The number of nitrogens with zero attached hydrogens (tertiary/aromatic N) is 1. The molecule has 0 aliphatic carbocycles. The van der Waals surface area contributed by atoms with E-state index >= 15 is 0 Å². The summed E-state index contributed by atoms with van der Waals surface area (Å²) < 4.78 is 1.92. The van der Waals surface area contributed by atoms with Crippen molar-refractivity contribution in [2.24, 2.45) is 0 Å². The summed E-state index contributed by atoms with van der Waals surface area (Å²) in [6.07, 6.45) is 0. The first-order chi connectivity index (χ1) is 9.32. The molecule has 0 bridgehead atoms. The second-order valence-electron chi connectivity index (χ2n) is 5.48. The Labute approximate surface area is 178 Å². The molecule has 0 aliphatic rings. The first-order valence-electron chi connectivity index (χ1n) is 6.94. The summed E-state index contributed by atoms with van der Waals surface area (Å²) in [5, 5.41) is 15.4. The third kappa shape index (κ3) is 7.67. The molecule has 0 spiro atoms. The Morgan fingerprint density at radius 1 is 1.14 bits per heavy atom. The van der Waals surface area contributed by atoms with Crippen LogP contribution in [0.3, 0.4) is 0 Å². The van der Waals surface area contributed by atoms with E-state index in [1.165, 1.54) is 0 Å². The van der Waals surface area contributed by atoms with Gasteiger partial charge in [0.1, 0.15) is 0 Å². The van der Waals surface area contributed by atoms with Crippen LogP contribution < -0.4 is 40.0 Å². The molecule has 3 nitrogen and oxygen atoms in total. The van der Waals surface area contributed by atoms with Gasteiger partial charge in [0.2, 0.25) is 0 Å². The van der Waals surface area contributed by atoms with Gasteiger partial charge in [-0.25, -0.2) is 0 Å². The van der Waals surface area contributed by atoms with Gasteiger partial charge in [-0.1, -0.05) is 5.75 Å². The number of hydrogen-bond acceptors (Lipinski definition) is 3. The molecule has 0 aromatic heterocycles. The van der Waals surface area contributed by atoms with Gasteiger partial charge < -0.3 is 10.4 Å². The van der Waals surface area contributed by atoms with Crippen LogP contribution in [0, 0.1) is 7.14 Å². The normalized spacial score (nSPS) is 11.3. The zero-order valence-corrected chi connectivity index (χ0v) is 19.9. The van der Waals surface area contributed by atoms with Crippen LogP contribution in [0.4, 0.5) is 0 Å². The van der Waals surface area contributed by atoms with E-state index in [1.54, 1.807) is 0 Å². The van der Waals surface area contributed by atoms with Crippen LogP contribution in [0.2, 0.25) is 0 Å². The second-order valence-corrected chi connectivity index (χ2v) is 7.89. The van der Waals surface area contributed by atoms with Gasteiger partial charge in [-0.2, -0.15) is 0 Å². The molecule has 1 aromatic rings. The Bertz CT molecular complexity index is 434. The minimum Gasteiger partial charge on any atom is -0.872 e. The fourth-order valence-corrected chi connectivity index (χ4v) is 4.25. The maximum Gasteiger partial charge on any atom is 1.00 e. The molecule has 0 radical (unpaired) electrons. The van der Waals surface area contributed by atoms with Gasteiger partial charge in [0.15, 0.2) is 0 Å². The average Bonchev–Trinajstić information content (AvgIpc) is 2.33. The van der Waals surface area contributed by atoms with Gasteiger partial charge in [-0.05, 0) is 90.6 Å². The number of hydrogen-bond donors (Lipinski definition) is 1. The molecule has 1 N–H and O–H groups in total. The molecule has 0 fully saturated rings. The van der Waals surface area contributed by atoms with E-state index in [1.807, 2.05) is 12.1 Å². The third-order valence-corrected chi connectivity index (χ3v) is 4.70. The van der Waals surface area contributed by atoms with E-state index < -0.39 is 0 Å². The van der Waals surface area contributed by atoms with Crippen molar-refractivity contribution >= 4 is 45.2 Å². The van der Waals surface area contributed by atoms with Crippen LogP contribution in [-0.4, -0.2) is 30.1 Å². The zero-order valence-electron chi connectivity index (χ0n) is 13.5. The van der Waals surface area contributed by atoms with Crippen LogP contribution >= 0.6 is 45.2 Å². The third-order valence-electron chi connectivity index (χ3n) is 3.27. The van der Waals surface area contributed by atoms with Crippen molar-refractivity contribution in [3.63, 3.8) is 0 Å². The van der Waals surface area contributed by atoms with E-state index in [-0.39, 0.29) is 35.3 Å². The van der Waals surface area contributed by atoms with Crippen LogP contribution in [0.5, 0.6) is 5.75 Å². The number of rotatable bonds is 7. The molecular formula is C15H23I2N2NaO. The van der Waals surface area contributed by atoms with Gasteiger partial charge in [-0.3, -0.25) is 4.90 Å². The summed E-state index contributed by atoms with van der Waals surface area (Å²) in [5.74, 6) is 0.156. The monoisotopic (exact) mass is 524 g/mol. The molecule has 0 saturated carbocycles. The average molecular weight is 524 g/mol. The van der Waals surface area contributed by atoms with Crippen molar-refractivity contribution in [1.29, 1.82) is 0 Å². The number of benzene rings is 1. The maximum atomic E-state index is 12.0. The number of nitrogens with one attached hydrogen (secondary N) is 1. The molecule has 6 heteroatoms. The van der Waals surface area contributed by atoms with Crippen LogP contribution in [-0.2, 0) is 6.54 Å². The van der Waals surface area contributed by atoms with Gasteiger partial charge in [0, 0.05) is 38.9 Å². The summed E-state index contributed by atoms with van der Waals surface area (Å²) in [7, 11) is 0. The molecule has 0 unspecified atom stereocenters. The summed E-state index contributed by atoms with van der Waals surface area (Å²) in [6.45, 7) is 11.4. The van der Waals surface area contributed by atoms with Gasteiger partial charge in [0.05, 0.1) is 0 Å². The van der Waals surface area contributed by atoms with Crippen molar-refractivity contribution < 1.29 is 34.7 Å². The molecule has 1 aromatic carbocycles. The molecule has 0 heterocycles. The Morgan fingerprint density at radius 3 is 2.24 bits per heavy atom. The van der Waals surface area contributed by atoms with Crippen molar-refractivity contribution in [2.45, 2.75) is 46.3 Å². The fourth-order valence-electron chi connectivity index (χ4n) is 2.29. The molecule has 0 amide bonds. The van der Waals surface area contributed by atoms with Crippen LogP contribution in [0.25, 0.3) is 0 Å². The van der Waals surface area contributed by atoms with E-state index in [4.69, 9.17) is 0 Å². The minimum atomic E-state index is 0. The summed E-state index contributed by atoms with van der Waals surface area (Å²) in [6, 6.07) is 4.99. The predicted molar refractivity (Wildman–Crippen MR) is 100 cm³/mol. The largest absolute Gasteiger partial charge is 1.00 e. The smallest absolute Gasteiger partial charge is 0.872 e. The molecule has 0 atom stereocenters. The maximum absolute atomic E-state index is 12.0. The van der Waals surface area contributed by atoms with Gasteiger partial charge >= 0.3 is 29.6 Å². The first-order valence-corrected chi connectivity index (χ1v) is 9.10. The van der Waals surface area contributed by atoms with Crippen molar-refractivity contribution in [1.82, 2.24) is 10.2 Å². The fraction of sp³-hybridized carbons (Fsp3) is 0.600. The van der Waals surface area contributed by atoms with Crippen LogP contribution in [0.15, 0.2) is 12.1 Å². The summed E-state index contributed by atoms with van der Waals surface area (Å²) >= 11 is 4.37. The molecule has 114 valence electrons. The summed E-state index contributed by atoms with van der Waals surface area (Å²) in [4.78, 5) is 2.45. The molecular weight excluding hydrogens is 501 g/mol. The van der Waals surface area contributed by atoms with E-state index in [0.29, 0.717) is 18.6 Å². The van der Waals surface area contributed by atoms with Crippen molar-refractivity contribution in [2.75, 3.05) is 13.1 Å². The Kier molecular flexibility index (Phi) is 11.8. The summed E-state index contributed by atoms with van der Waals surface area (Å²) in [5.41, 5.74) is 0.863. The van der Waals surface area contributed by atoms with Crippen molar-refractivity contribution in [3.8, 4) is 5.75 Å². The second kappa shape index (κ2) is 11.0. The Morgan fingerprint density at radius 2 is 1.71 bits per heavy atom. The first kappa shape index (κ1) is 22.4. The molecule has 0 saturated heterocycles. The molecule has 0 aliphatic heterocycles. The van der Waals surface area contributed by atoms with Gasteiger partial charge in [-0.15, -0.1) is 0 Å². The van der Waals surface area contributed by atoms with E-state index in [0.717, 1.165) is 25.8 Å². The predicted octanol–water partition coefficient (Wildman–Crippen LogP) is 0.182. The topological polar surface area (TPSA) is 38.3 Å². The molecule has 21 heavy (non-hydrogen) atoms. The van der Waals surface area contributed by atoms with E-state index in [9.17, 15) is 5.11 Å². The Balaban J connectivity index is 0.00000400. The van der Waals surface area contributed by atoms with Crippen molar-refractivity contribution in [3.05, 3.63) is 24.8 Å². The quantitative estimate of drug-likeness (QED) is 0.315. The zero-order chi connectivity index (χ0) is 15.3. The molecule has 1 rings (SSSR count). The SMILES string of the molecule is CC(C)N(CCNCc1cc(I)cc(I)c1[O-])C(C)C.[Na+]. The number of halogens is 2. The van der Waals surface area contributed by atoms with Gasteiger partial charge in [0.25, 0.3) is 0 Å². The standard InChI is InChI=1S/C15H24I2N2O.Na/c1-10(2)19(11(3)4)6-5-18-9-12-7-13(16)8-14(17)15(12)20;/h7-8,10-11,18,20H,5-6,9H2,1-4H3;/q;+1/p-1. The van der Waals surface area contributed by atoms with E-state index in [2.05, 4.69) is 83.1 Å². The van der Waals surface area contributed by atoms with Crippen LogP contribution in [0.1, 0.15) is 33.3 Å². The Hall–Kier alpha value is 1.40. The minimum absolute atomic E-state index is 0.